The Balaban J connectivity index is 2.24. The van der Waals surface area contributed by atoms with E-state index in [2.05, 4.69) is 98.6 Å². The lowest BCUT2D eigenvalue weighted by Gasteiger charge is -2.52. The van der Waals surface area contributed by atoms with Crippen LogP contribution in [0.2, 0.25) is 35.3 Å². The third-order valence-corrected chi connectivity index (χ3v) is 21.3. The number of allylic oxidation sites excluding steroid dienone is 4. The van der Waals surface area contributed by atoms with E-state index in [9.17, 15) is 0 Å². The fourth-order valence-corrected chi connectivity index (χ4v) is 16.8. The molecule has 0 aromatic heterocycles. The van der Waals surface area contributed by atoms with Crippen LogP contribution in [0.3, 0.4) is 0 Å². The molecule has 2 aliphatic carbocycles. The van der Waals surface area contributed by atoms with E-state index >= 15 is 0 Å². The van der Waals surface area contributed by atoms with Crippen LogP contribution in [0.25, 0.3) is 0 Å². The van der Waals surface area contributed by atoms with Crippen molar-refractivity contribution in [1.82, 2.24) is 0 Å². The Morgan fingerprint density at radius 3 is 1.37 bits per heavy atom. The van der Waals surface area contributed by atoms with Crippen LogP contribution in [-0.2, 0) is 4.12 Å². The van der Waals surface area contributed by atoms with Crippen LogP contribution >= 0.6 is 31.9 Å². The molecule has 0 N–H and O–H groups in total. The van der Waals surface area contributed by atoms with Crippen molar-refractivity contribution in [2.45, 2.75) is 102 Å². The van der Waals surface area contributed by atoms with Crippen molar-refractivity contribution in [2.24, 2.45) is 11.8 Å². The lowest BCUT2D eigenvalue weighted by molar-refractivity contribution is 0.405. The minimum atomic E-state index is -1.90. The number of hydrogen-bond acceptors (Lipinski definition) is 1. The van der Waals surface area contributed by atoms with Crippen LogP contribution in [0.5, 0.6) is 0 Å². The van der Waals surface area contributed by atoms with E-state index in [-0.39, 0.29) is 10.1 Å². The third kappa shape index (κ3) is 5.93. The summed E-state index contributed by atoms with van der Waals surface area (Å²) in [6.07, 6.45) is 9.60. The van der Waals surface area contributed by atoms with Gasteiger partial charge in [0.1, 0.15) is 0 Å². The third-order valence-electron chi connectivity index (χ3n) is 7.29. The van der Waals surface area contributed by atoms with Crippen molar-refractivity contribution >= 4 is 48.5 Å². The minimum absolute atomic E-state index is 0.260. The summed E-state index contributed by atoms with van der Waals surface area (Å²) in [6, 6.07) is 2.57. The number of hydrogen-bond donors (Lipinski definition) is 0. The molecule has 0 radical (unpaired) electrons. The molecule has 0 aliphatic heterocycles. The highest BCUT2D eigenvalue weighted by molar-refractivity contribution is 9.12. The molecule has 156 valence electrons. The van der Waals surface area contributed by atoms with Crippen LogP contribution < -0.4 is 0 Å². The molecule has 4 unspecified atom stereocenters. The Hall–Kier alpha value is 0.834. The average molecular weight is 537 g/mol. The molecular weight excluding hydrogens is 496 g/mol. The summed E-state index contributed by atoms with van der Waals surface area (Å²) in [5.74, 6) is 1.52. The van der Waals surface area contributed by atoms with Crippen molar-refractivity contribution < 1.29 is 4.12 Å². The molecule has 0 amide bonds. The van der Waals surface area contributed by atoms with E-state index in [0.717, 1.165) is 11.8 Å². The van der Waals surface area contributed by atoms with Crippen molar-refractivity contribution in [3.05, 3.63) is 21.1 Å². The Bertz CT molecular complexity index is 550. The van der Waals surface area contributed by atoms with Crippen LogP contribution in [0.15, 0.2) is 21.1 Å². The lowest BCUT2D eigenvalue weighted by Crippen LogP contribution is -2.58. The molecule has 0 spiro atoms. The average Bonchev–Trinajstić information content (AvgIpc) is 3.04. The highest BCUT2D eigenvalue weighted by Gasteiger charge is 2.53. The zero-order valence-corrected chi connectivity index (χ0v) is 23.9. The van der Waals surface area contributed by atoms with Crippen molar-refractivity contribution in [3.63, 3.8) is 0 Å². The Labute approximate surface area is 187 Å². The van der Waals surface area contributed by atoms with Crippen molar-refractivity contribution in [2.75, 3.05) is 0 Å². The fourth-order valence-electron chi connectivity index (χ4n) is 4.39. The molecule has 2 aliphatic rings. The van der Waals surface area contributed by atoms with E-state index in [1.165, 1.54) is 46.7 Å². The number of halogens is 2. The zero-order chi connectivity index (χ0) is 20.7. The molecular formula is C22H40Br2OSi2. The van der Waals surface area contributed by atoms with Crippen LogP contribution in [0.1, 0.15) is 67.2 Å². The first-order valence-electron chi connectivity index (χ1n) is 10.5. The van der Waals surface area contributed by atoms with E-state index in [1.807, 2.05) is 0 Å². The van der Waals surface area contributed by atoms with Gasteiger partial charge in [0.15, 0.2) is 16.6 Å². The zero-order valence-electron chi connectivity index (χ0n) is 18.7. The first kappa shape index (κ1) is 24.1. The highest BCUT2D eigenvalue weighted by Crippen LogP contribution is 2.52. The van der Waals surface area contributed by atoms with E-state index in [1.54, 1.807) is 0 Å². The van der Waals surface area contributed by atoms with Crippen LogP contribution in [-0.4, -0.2) is 16.6 Å². The maximum atomic E-state index is 7.55. The van der Waals surface area contributed by atoms with Crippen molar-refractivity contribution in [3.8, 4) is 0 Å². The SMILES string of the molecule is CC(C)(C)[Si](C)(CC1CC=C(Br)C1)O[Si](C)(CC1CC=C(Br)C1)C(C)(C)C. The maximum Gasteiger partial charge on any atom is 0.182 e. The molecule has 4 atom stereocenters. The maximum absolute atomic E-state index is 7.55. The second-order valence-corrected chi connectivity index (χ2v) is 23.0. The standard InChI is InChI=1S/C22H40Br2OSi2/c1-21(2,3)26(7,15-17-9-11-19(23)13-17)25-27(8,22(4,5)6)16-18-10-12-20(24)14-18/h11-12,17-18H,9-10,13-16H2,1-8H3. The van der Waals surface area contributed by atoms with Gasteiger partial charge in [-0.2, -0.15) is 0 Å². The topological polar surface area (TPSA) is 9.23 Å². The summed E-state index contributed by atoms with van der Waals surface area (Å²) in [7, 11) is -3.80. The lowest BCUT2D eigenvalue weighted by atomic mass is 10.1. The predicted molar refractivity (Wildman–Crippen MR) is 133 cm³/mol. The molecule has 0 fully saturated rings. The van der Waals surface area contributed by atoms with Gasteiger partial charge >= 0.3 is 0 Å². The van der Waals surface area contributed by atoms with Gasteiger partial charge in [0.25, 0.3) is 0 Å². The molecule has 0 saturated heterocycles. The van der Waals surface area contributed by atoms with Gasteiger partial charge in [-0.3, -0.25) is 0 Å². The van der Waals surface area contributed by atoms with Gasteiger partial charge in [-0.05, 0) is 81.7 Å². The molecule has 0 aromatic rings. The Kier molecular flexibility index (Phi) is 7.61. The minimum Gasteiger partial charge on any atom is -0.454 e. The normalized spacial score (nSPS) is 28.5. The van der Waals surface area contributed by atoms with Gasteiger partial charge in [0.2, 0.25) is 0 Å². The van der Waals surface area contributed by atoms with Gasteiger partial charge in [-0.1, -0.05) is 85.6 Å². The summed E-state index contributed by atoms with van der Waals surface area (Å²) >= 11 is 7.46. The Morgan fingerprint density at radius 1 is 0.815 bits per heavy atom. The van der Waals surface area contributed by atoms with Gasteiger partial charge in [0, 0.05) is 0 Å². The molecule has 0 bridgehead atoms. The van der Waals surface area contributed by atoms with Crippen LogP contribution in [0.4, 0.5) is 0 Å². The number of rotatable bonds is 6. The second kappa shape index (κ2) is 8.52. The molecule has 27 heavy (non-hydrogen) atoms. The molecule has 5 heteroatoms. The second-order valence-electron chi connectivity index (χ2n) is 11.4. The summed E-state index contributed by atoms with van der Waals surface area (Å²) in [4.78, 5) is 0. The van der Waals surface area contributed by atoms with Crippen LogP contribution in [0, 0.1) is 11.8 Å². The molecule has 0 heterocycles. The summed E-state index contributed by atoms with van der Waals surface area (Å²) in [5.41, 5.74) is 0. The molecule has 0 aromatic carbocycles. The van der Waals surface area contributed by atoms with E-state index in [0.29, 0.717) is 0 Å². The predicted octanol–water partition coefficient (Wildman–Crippen LogP) is 9.13. The Morgan fingerprint density at radius 2 is 1.15 bits per heavy atom. The van der Waals surface area contributed by atoms with E-state index < -0.39 is 16.6 Å². The van der Waals surface area contributed by atoms with Gasteiger partial charge in [0.05, 0.1) is 0 Å². The van der Waals surface area contributed by atoms with Gasteiger partial charge < -0.3 is 4.12 Å². The molecule has 2 rings (SSSR count). The van der Waals surface area contributed by atoms with Gasteiger partial charge in [-0.15, -0.1) is 0 Å². The van der Waals surface area contributed by atoms with Gasteiger partial charge in [-0.25, -0.2) is 0 Å². The first-order valence-corrected chi connectivity index (χ1v) is 17.4. The largest absolute Gasteiger partial charge is 0.454 e. The first-order chi connectivity index (χ1) is 12.2. The summed E-state index contributed by atoms with van der Waals surface area (Å²) < 4.78 is 10.3. The quantitative estimate of drug-likeness (QED) is 0.308. The summed E-state index contributed by atoms with van der Waals surface area (Å²) in [5, 5.41) is 0.520. The summed E-state index contributed by atoms with van der Waals surface area (Å²) in [6.45, 7) is 19.7. The fraction of sp³-hybridized carbons (Fsp3) is 0.818. The molecule has 1 nitrogen and oxygen atoms in total. The highest BCUT2D eigenvalue weighted by atomic mass is 79.9. The monoisotopic (exact) mass is 534 g/mol. The molecule has 0 saturated carbocycles. The van der Waals surface area contributed by atoms with E-state index in [4.69, 9.17) is 4.12 Å². The smallest absolute Gasteiger partial charge is 0.182 e. The van der Waals surface area contributed by atoms with Crippen molar-refractivity contribution in [1.29, 1.82) is 0 Å².